The van der Waals surface area contributed by atoms with Crippen molar-refractivity contribution in [2.24, 2.45) is 11.3 Å². The molecule has 1 atom stereocenters. The number of piperidine rings is 2. The van der Waals surface area contributed by atoms with Crippen molar-refractivity contribution in [3.63, 3.8) is 0 Å². The summed E-state index contributed by atoms with van der Waals surface area (Å²) in [5.74, 6) is 1.01. The Labute approximate surface area is 438 Å². The SMILES string of the molecule is COc1ccc(CN2CCN(C3CC4(CCN(c5ccc(C(=O)NS(=O)(=O)c6ccc(NCC7CCN(C(C)=O)CC7)c([N+](=O)[O-])c6)c(Oc6cnc7[nH]ccc7c6)c5)CC4)C3)[C@@H](c3ccccc3C(C)C)C2)cc1. The molecule has 4 aromatic carbocycles. The molecule has 1 spiro atoms. The van der Waals surface area contributed by atoms with Crippen LogP contribution in [0.3, 0.4) is 0 Å². The zero-order valence-corrected chi connectivity index (χ0v) is 44.0. The van der Waals surface area contributed by atoms with Crippen molar-refractivity contribution in [3.8, 4) is 17.2 Å². The number of nitrogens with zero attached hydrogens (tertiary/aromatic N) is 6. The Morgan fingerprint density at radius 2 is 1.67 bits per heavy atom. The number of H-pyrrole nitrogens is 1. The van der Waals surface area contributed by atoms with Crippen LogP contribution in [-0.2, 0) is 21.4 Å². The van der Waals surface area contributed by atoms with Gasteiger partial charge in [0.05, 0.1) is 28.7 Å². The molecule has 18 heteroatoms. The second-order valence-corrected chi connectivity index (χ2v) is 22.9. The molecule has 2 amide bonds. The maximum atomic E-state index is 14.1. The summed E-state index contributed by atoms with van der Waals surface area (Å²) in [5.41, 5.74) is 5.54. The highest BCUT2D eigenvalue weighted by atomic mass is 32.2. The van der Waals surface area contributed by atoms with Crippen LogP contribution >= 0.6 is 0 Å². The second-order valence-electron chi connectivity index (χ2n) is 21.2. The molecule has 2 aromatic heterocycles. The number of nitro benzene ring substituents is 1. The van der Waals surface area contributed by atoms with Gasteiger partial charge in [-0.25, -0.2) is 18.1 Å². The number of carbonyl (C=O) groups is 2. The van der Waals surface area contributed by atoms with Gasteiger partial charge in [0.1, 0.15) is 28.6 Å². The lowest BCUT2D eigenvalue weighted by Crippen LogP contribution is -2.60. The van der Waals surface area contributed by atoms with E-state index in [0.29, 0.717) is 43.0 Å². The number of ether oxygens (including phenoxy) is 2. The van der Waals surface area contributed by atoms with Gasteiger partial charge < -0.3 is 29.6 Å². The number of likely N-dealkylation sites (tertiary alicyclic amines) is 1. The van der Waals surface area contributed by atoms with E-state index >= 15 is 0 Å². The summed E-state index contributed by atoms with van der Waals surface area (Å²) in [4.78, 5) is 54.1. The van der Waals surface area contributed by atoms with Crippen molar-refractivity contribution in [3.05, 3.63) is 142 Å². The number of aromatic nitrogens is 2. The van der Waals surface area contributed by atoms with Gasteiger partial charge in [-0.2, -0.15) is 0 Å². The standard InChI is InChI=1S/C57H67N9O8S/c1-38(2)48-7-5-6-8-49(48)53-37-62(36-41-9-12-45(73-4)13-10-41)27-28-65(53)44-32-57(33-44)20-25-64(26-21-57)43-11-15-50(54(30-43)74-46-29-42-17-22-58-55(42)60-35-46)56(68)61-75(71,72)47-14-16-51(52(31-47)66(69)70)59-34-40-18-23-63(24-19-40)39(3)67/h5-17,22,29-31,35,38,40,44,53,59H,18-21,23-28,32-34,36-37H2,1-4H3,(H,58,60)(H,61,68)/t53-/m1/s1. The van der Waals surface area contributed by atoms with E-state index in [9.17, 15) is 28.1 Å². The minimum absolute atomic E-state index is 0.0164. The van der Waals surface area contributed by atoms with Crippen molar-refractivity contribution in [1.29, 1.82) is 0 Å². The van der Waals surface area contributed by atoms with E-state index in [-0.39, 0.29) is 40.3 Å². The number of amides is 2. The zero-order chi connectivity index (χ0) is 52.4. The number of pyridine rings is 1. The number of nitrogens with one attached hydrogen (secondary N) is 3. The number of hydrogen-bond acceptors (Lipinski definition) is 13. The molecule has 0 radical (unpaired) electrons. The molecule has 4 fully saturated rings. The van der Waals surface area contributed by atoms with Crippen LogP contribution in [0.15, 0.2) is 114 Å². The van der Waals surface area contributed by atoms with Gasteiger partial charge >= 0.3 is 0 Å². The molecule has 1 saturated carbocycles. The molecule has 3 saturated heterocycles. The summed E-state index contributed by atoms with van der Waals surface area (Å²) in [6.07, 6.45) is 9.09. The first kappa shape index (κ1) is 51.5. The Kier molecular flexibility index (Phi) is 14.9. The van der Waals surface area contributed by atoms with Crippen LogP contribution in [0.4, 0.5) is 17.1 Å². The number of aromatic amines is 1. The van der Waals surface area contributed by atoms with Gasteiger partial charge in [-0.15, -0.1) is 0 Å². The summed E-state index contributed by atoms with van der Waals surface area (Å²) >= 11 is 0. The first-order valence-electron chi connectivity index (χ1n) is 26.2. The average molecular weight is 1040 g/mol. The number of nitro groups is 1. The topological polar surface area (TPSA) is 196 Å². The Morgan fingerprint density at radius 3 is 2.39 bits per heavy atom. The fourth-order valence-corrected chi connectivity index (χ4v) is 12.9. The second kappa shape index (κ2) is 21.7. The van der Waals surface area contributed by atoms with Crippen LogP contribution in [0.25, 0.3) is 11.0 Å². The number of fused-ring (bicyclic) bond motifs is 1. The van der Waals surface area contributed by atoms with Crippen LogP contribution in [0.5, 0.6) is 17.2 Å². The number of hydrogen-bond donors (Lipinski definition) is 3. The first-order valence-corrected chi connectivity index (χ1v) is 27.7. The summed E-state index contributed by atoms with van der Waals surface area (Å²) in [7, 11) is -2.90. The number of anilines is 2. The highest BCUT2D eigenvalue weighted by Crippen LogP contribution is 2.53. The van der Waals surface area contributed by atoms with Crippen molar-refractivity contribution >= 4 is 49.9 Å². The van der Waals surface area contributed by atoms with Gasteiger partial charge in [0.25, 0.3) is 21.6 Å². The van der Waals surface area contributed by atoms with E-state index in [4.69, 9.17) is 9.47 Å². The molecular formula is C57H67N9O8S. The van der Waals surface area contributed by atoms with Crippen LogP contribution in [0, 0.1) is 21.4 Å². The zero-order valence-electron chi connectivity index (χ0n) is 43.2. The van der Waals surface area contributed by atoms with Gasteiger partial charge in [0, 0.05) is 107 Å². The third-order valence-electron chi connectivity index (χ3n) is 16.2. The van der Waals surface area contributed by atoms with Crippen LogP contribution in [0.1, 0.15) is 98.3 Å². The van der Waals surface area contributed by atoms with Crippen molar-refractivity contribution < 1.29 is 32.4 Å². The number of rotatable bonds is 16. The van der Waals surface area contributed by atoms with Crippen LogP contribution in [0.2, 0.25) is 0 Å². The van der Waals surface area contributed by atoms with Gasteiger partial charge in [-0.05, 0) is 121 Å². The highest BCUT2D eigenvalue weighted by Gasteiger charge is 2.50. The van der Waals surface area contributed by atoms with E-state index < -0.39 is 31.4 Å². The number of piperazine rings is 1. The Morgan fingerprint density at radius 1 is 0.907 bits per heavy atom. The van der Waals surface area contributed by atoms with Crippen molar-refractivity contribution in [2.45, 2.75) is 88.7 Å². The van der Waals surface area contributed by atoms with Gasteiger partial charge in [0.2, 0.25) is 5.91 Å². The van der Waals surface area contributed by atoms with Gasteiger partial charge in [-0.1, -0.05) is 50.2 Å². The predicted octanol–water partition coefficient (Wildman–Crippen LogP) is 9.49. The molecule has 10 rings (SSSR count). The highest BCUT2D eigenvalue weighted by molar-refractivity contribution is 7.90. The lowest BCUT2D eigenvalue weighted by molar-refractivity contribution is -0.384. The molecule has 394 valence electrons. The molecule has 17 nitrogen and oxygen atoms in total. The third-order valence-corrected chi connectivity index (χ3v) is 17.5. The van der Waals surface area contributed by atoms with Crippen molar-refractivity contribution in [2.75, 3.05) is 69.7 Å². The smallest absolute Gasteiger partial charge is 0.293 e. The number of sulfonamides is 1. The van der Waals surface area contributed by atoms with Gasteiger partial charge in [-0.3, -0.25) is 29.5 Å². The summed E-state index contributed by atoms with van der Waals surface area (Å²) in [6, 6.07) is 30.5. The van der Waals surface area contributed by atoms with Crippen molar-refractivity contribution in [1.82, 2.24) is 29.4 Å². The molecule has 0 bridgehead atoms. The molecule has 1 aliphatic carbocycles. The third kappa shape index (κ3) is 11.3. The lowest BCUT2D eigenvalue weighted by Gasteiger charge is -2.58. The molecule has 6 aromatic rings. The molecular weight excluding hydrogens is 971 g/mol. The number of benzene rings is 4. The largest absolute Gasteiger partial charge is 0.497 e. The van der Waals surface area contributed by atoms with Crippen LogP contribution in [-0.4, -0.2) is 115 Å². The van der Waals surface area contributed by atoms with Crippen LogP contribution < -0.4 is 24.4 Å². The normalized spacial score (nSPS) is 18.8. The molecule has 3 N–H and O–H groups in total. The number of carbonyl (C=O) groups excluding carboxylic acids is 2. The minimum atomic E-state index is -4.60. The summed E-state index contributed by atoms with van der Waals surface area (Å²) in [6.45, 7) is 13.2. The lowest BCUT2D eigenvalue weighted by atomic mass is 9.59. The molecule has 5 heterocycles. The van der Waals surface area contributed by atoms with E-state index in [1.165, 1.54) is 41.9 Å². The van der Waals surface area contributed by atoms with E-state index in [0.717, 1.165) is 101 Å². The maximum Gasteiger partial charge on any atom is 0.293 e. The average Bonchev–Trinajstić information content (AvgIpc) is 3.89. The Balaban J connectivity index is 0.826. The van der Waals surface area contributed by atoms with E-state index in [1.807, 2.05) is 24.3 Å². The number of methoxy groups -OCH3 is 1. The molecule has 75 heavy (non-hydrogen) atoms. The minimum Gasteiger partial charge on any atom is -0.497 e. The Bertz CT molecular complexity index is 3160. The van der Waals surface area contributed by atoms with Gasteiger partial charge in [0.15, 0.2) is 0 Å². The summed E-state index contributed by atoms with van der Waals surface area (Å²) in [5, 5.41) is 16.2. The fourth-order valence-electron chi connectivity index (χ4n) is 11.9. The molecule has 3 aliphatic heterocycles. The molecule has 0 unspecified atom stereocenters. The van der Waals surface area contributed by atoms with E-state index in [2.05, 4.69) is 85.0 Å². The Hall–Kier alpha value is -7.02. The monoisotopic (exact) mass is 1040 g/mol. The predicted molar refractivity (Wildman–Crippen MR) is 289 cm³/mol. The van der Waals surface area contributed by atoms with E-state index in [1.54, 1.807) is 36.4 Å². The fraction of sp³-hybridized carbons (Fsp3) is 0.421. The molecule has 4 aliphatic rings. The quantitative estimate of drug-likeness (QED) is 0.0613. The summed E-state index contributed by atoms with van der Waals surface area (Å²) < 4.78 is 41.7. The maximum absolute atomic E-state index is 14.1. The first-order chi connectivity index (χ1) is 36.1.